The van der Waals surface area contributed by atoms with E-state index in [2.05, 4.69) is 4.98 Å². The second-order valence-electron chi connectivity index (χ2n) is 3.79. The zero-order valence-corrected chi connectivity index (χ0v) is 9.74. The molecule has 0 aliphatic heterocycles. The van der Waals surface area contributed by atoms with E-state index < -0.39 is 0 Å². The van der Waals surface area contributed by atoms with E-state index in [-0.39, 0.29) is 5.88 Å². The molecular formula is C13H10N2OS. The van der Waals surface area contributed by atoms with E-state index in [4.69, 9.17) is 12.2 Å². The first-order valence-electron chi connectivity index (χ1n) is 5.25. The molecule has 0 aliphatic carbocycles. The third-order valence-electron chi connectivity index (χ3n) is 2.76. The summed E-state index contributed by atoms with van der Waals surface area (Å²) in [5, 5.41) is 12.0. The Hall–Kier alpha value is -2.07. The molecule has 0 amide bonds. The summed E-state index contributed by atoms with van der Waals surface area (Å²) in [4.78, 5) is 2.83. The van der Waals surface area contributed by atoms with Crippen LogP contribution in [0.25, 0.3) is 16.5 Å². The van der Waals surface area contributed by atoms with Crippen molar-refractivity contribution in [3.05, 3.63) is 53.4 Å². The minimum Gasteiger partial charge on any atom is -0.493 e. The Morgan fingerprint density at radius 1 is 1.06 bits per heavy atom. The number of rotatable bonds is 1. The summed E-state index contributed by atoms with van der Waals surface area (Å²) in [7, 11) is 0. The van der Waals surface area contributed by atoms with Crippen molar-refractivity contribution >= 4 is 23.0 Å². The Bertz CT molecular complexity index is 737. The van der Waals surface area contributed by atoms with E-state index in [1.54, 1.807) is 4.57 Å². The summed E-state index contributed by atoms with van der Waals surface area (Å²) in [5.41, 5.74) is 0.881. The Morgan fingerprint density at radius 3 is 2.59 bits per heavy atom. The lowest BCUT2D eigenvalue weighted by Gasteiger charge is -2.08. The van der Waals surface area contributed by atoms with Crippen LogP contribution in [0.3, 0.4) is 0 Å². The standard InChI is InChI=1S/C13H10N2OS/c16-12-8-14-13(17)15(12)11-7-3-5-9-4-1-2-6-10(9)11/h1-8,16H,(H,14,17). The number of imidazole rings is 1. The normalized spacial score (nSPS) is 10.8. The van der Waals surface area contributed by atoms with E-state index in [1.807, 2.05) is 42.5 Å². The Kier molecular flexibility index (Phi) is 2.23. The first-order valence-corrected chi connectivity index (χ1v) is 5.66. The zero-order chi connectivity index (χ0) is 11.8. The molecule has 0 saturated heterocycles. The van der Waals surface area contributed by atoms with Gasteiger partial charge in [0, 0.05) is 5.39 Å². The molecule has 0 bridgehead atoms. The Morgan fingerprint density at radius 2 is 1.82 bits per heavy atom. The maximum Gasteiger partial charge on any atom is 0.214 e. The van der Waals surface area contributed by atoms with Crippen molar-refractivity contribution in [3.8, 4) is 11.6 Å². The molecule has 17 heavy (non-hydrogen) atoms. The largest absolute Gasteiger partial charge is 0.493 e. The highest BCUT2D eigenvalue weighted by molar-refractivity contribution is 7.71. The molecule has 3 rings (SSSR count). The number of H-pyrrole nitrogens is 1. The molecule has 3 aromatic rings. The van der Waals surface area contributed by atoms with E-state index >= 15 is 0 Å². The number of hydrogen-bond acceptors (Lipinski definition) is 2. The molecule has 0 aliphatic rings. The van der Waals surface area contributed by atoms with Gasteiger partial charge in [0.05, 0.1) is 11.9 Å². The third-order valence-corrected chi connectivity index (χ3v) is 3.06. The summed E-state index contributed by atoms with van der Waals surface area (Å²) in [6, 6.07) is 13.9. The van der Waals surface area contributed by atoms with Crippen molar-refractivity contribution < 1.29 is 5.11 Å². The maximum atomic E-state index is 9.81. The van der Waals surface area contributed by atoms with Crippen LogP contribution < -0.4 is 0 Å². The molecule has 0 fully saturated rings. The van der Waals surface area contributed by atoms with Gasteiger partial charge >= 0.3 is 0 Å². The summed E-state index contributed by atoms with van der Waals surface area (Å²) in [6.07, 6.45) is 1.49. The zero-order valence-electron chi connectivity index (χ0n) is 8.92. The molecule has 0 radical (unpaired) electrons. The van der Waals surface area contributed by atoms with Crippen LogP contribution in [-0.2, 0) is 0 Å². The average molecular weight is 242 g/mol. The monoisotopic (exact) mass is 242 g/mol. The van der Waals surface area contributed by atoms with Crippen LogP contribution in [0.5, 0.6) is 5.88 Å². The van der Waals surface area contributed by atoms with Crippen LogP contribution in [0.4, 0.5) is 0 Å². The number of nitrogens with one attached hydrogen (secondary N) is 1. The molecule has 1 heterocycles. The van der Waals surface area contributed by atoms with E-state index in [0.717, 1.165) is 16.5 Å². The maximum absolute atomic E-state index is 9.81. The lowest BCUT2D eigenvalue weighted by molar-refractivity contribution is 0.442. The summed E-state index contributed by atoms with van der Waals surface area (Å²) >= 11 is 5.17. The highest BCUT2D eigenvalue weighted by atomic mass is 32.1. The number of aromatic nitrogens is 2. The Labute approximate surface area is 103 Å². The van der Waals surface area contributed by atoms with Gasteiger partial charge in [-0.3, -0.25) is 4.57 Å². The number of nitrogens with zero attached hydrogens (tertiary/aromatic N) is 1. The topological polar surface area (TPSA) is 40.9 Å². The van der Waals surface area contributed by atoms with Gasteiger partial charge in [0.1, 0.15) is 0 Å². The molecule has 0 saturated carbocycles. The molecule has 2 N–H and O–H groups in total. The van der Waals surface area contributed by atoms with Gasteiger partial charge in [0.15, 0.2) is 4.77 Å². The van der Waals surface area contributed by atoms with Crippen LogP contribution in [-0.4, -0.2) is 14.7 Å². The number of hydrogen-bond donors (Lipinski definition) is 2. The first-order chi connectivity index (χ1) is 8.27. The summed E-state index contributed by atoms with van der Waals surface area (Å²) in [6.45, 7) is 0. The molecule has 4 heteroatoms. The van der Waals surface area contributed by atoms with Crippen LogP contribution >= 0.6 is 12.2 Å². The van der Waals surface area contributed by atoms with Gasteiger partial charge in [-0.2, -0.15) is 0 Å². The van der Waals surface area contributed by atoms with Crippen molar-refractivity contribution in [1.29, 1.82) is 0 Å². The van der Waals surface area contributed by atoms with Gasteiger partial charge in [0.25, 0.3) is 0 Å². The number of aromatic amines is 1. The summed E-state index contributed by atoms with van der Waals surface area (Å²) < 4.78 is 2.11. The second kappa shape index (κ2) is 3.75. The van der Waals surface area contributed by atoms with Crippen LogP contribution in [0, 0.1) is 4.77 Å². The lowest BCUT2D eigenvalue weighted by atomic mass is 10.1. The van der Waals surface area contributed by atoms with Crippen molar-refractivity contribution in [2.75, 3.05) is 0 Å². The number of fused-ring (bicyclic) bond motifs is 1. The molecule has 0 unspecified atom stereocenters. The van der Waals surface area contributed by atoms with E-state index in [1.165, 1.54) is 6.20 Å². The molecule has 0 spiro atoms. The van der Waals surface area contributed by atoms with Gasteiger partial charge in [-0.15, -0.1) is 0 Å². The van der Waals surface area contributed by atoms with Crippen molar-refractivity contribution in [1.82, 2.24) is 9.55 Å². The first kappa shape index (κ1) is 10.1. The fourth-order valence-electron chi connectivity index (χ4n) is 2.00. The van der Waals surface area contributed by atoms with Gasteiger partial charge in [-0.25, -0.2) is 0 Å². The highest BCUT2D eigenvalue weighted by Gasteiger charge is 2.07. The Balaban J connectivity index is 2.43. The van der Waals surface area contributed by atoms with Gasteiger partial charge in [0.2, 0.25) is 5.88 Å². The lowest BCUT2D eigenvalue weighted by Crippen LogP contribution is -1.94. The second-order valence-corrected chi connectivity index (χ2v) is 4.17. The highest BCUT2D eigenvalue weighted by Crippen LogP contribution is 2.25. The minimum atomic E-state index is 0.117. The van der Waals surface area contributed by atoms with Crippen LogP contribution in [0.2, 0.25) is 0 Å². The molecule has 3 nitrogen and oxygen atoms in total. The smallest absolute Gasteiger partial charge is 0.214 e. The van der Waals surface area contributed by atoms with Crippen LogP contribution in [0.1, 0.15) is 0 Å². The predicted octanol–water partition coefficient (Wildman–Crippen LogP) is 3.39. The molecule has 84 valence electrons. The quantitative estimate of drug-likeness (QED) is 0.642. The van der Waals surface area contributed by atoms with Crippen molar-refractivity contribution in [2.24, 2.45) is 0 Å². The molecule has 0 atom stereocenters. The number of aromatic hydroxyl groups is 1. The summed E-state index contributed by atoms with van der Waals surface area (Å²) in [5.74, 6) is 0.117. The van der Waals surface area contributed by atoms with Gasteiger partial charge in [-0.05, 0) is 23.7 Å². The fourth-order valence-corrected chi connectivity index (χ4v) is 2.25. The predicted molar refractivity (Wildman–Crippen MR) is 70.1 cm³/mol. The van der Waals surface area contributed by atoms with Crippen molar-refractivity contribution in [3.63, 3.8) is 0 Å². The SMILES string of the molecule is Oc1c[nH]c(=S)n1-c1cccc2ccccc12. The van der Waals surface area contributed by atoms with E-state index in [9.17, 15) is 5.11 Å². The molecule has 1 aromatic heterocycles. The van der Waals surface area contributed by atoms with Gasteiger partial charge in [-0.1, -0.05) is 36.4 Å². The average Bonchev–Trinajstić information content (AvgIpc) is 2.69. The minimum absolute atomic E-state index is 0.117. The molecule has 2 aromatic carbocycles. The van der Waals surface area contributed by atoms with Crippen molar-refractivity contribution in [2.45, 2.75) is 0 Å². The molecular weight excluding hydrogens is 232 g/mol. The van der Waals surface area contributed by atoms with Crippen LogP contribution in [0.15, 0.2) is 48.7 Å². The fraction of sp³-hybridized carbons (Fsp3) is 0. The van der Waals surface area contributed by atoms with E-state index in [0.29, 0.717) is 4.77 Å². The number of benzene rings is 2. The van der Waals surface area contributed by atoms with Gasteiger partial charge < -0.3 is 10.1 Å². The third kappa shape index (κ3) is 1.54.